The van der Waals surface area contributed by atoms with Crippen molar-refractivity contribution < 1.29 is 0 Å². The van der Waals surface area contributed by atoms with Gasteiger partial charge in [0, 0.05) is 28.6 Å². The number of rotatable bonds is 4. The van der Waals surface area contributed by atoms with E-state index in [9.17, 15) is 0 Å². The highest BCUT2D eigenvalue weighted by Crippen LogP contribution is 2.20. The maximum absolute atomic E-state index is 7.29. The predicted octanol–water partition coefficient (Wildman–Crippen LogP) is 2.93. The molecule has 112 valence electrons. The van der Waals surface area contributed by atoms with Crippen molar-refractivity contribution in [2.24, 2.45) is 10.7 Å². The molecule has 6 heteroatoms. The van der Waals surface area contributed by atoms with Crippen LogP contribution in [-0.4, -0.2) is 17.0 Å². The van der Waals surface area contributed by atoms with E-state index in [0.717, 1.165) is 11.3 Å². The van der Waals surface area contributed by atoms with Crippen molar-refractivity contribution in [1.82, 2.24) is 4.98 Å². The van der Waals surface area contributed by atoms with Gasteiger partial charge in [-0.05, 0) is 42.8 Å². The lowest BCUT2D eigenvalue weighted by molar-refractivity contribution is 1.24. The first-order chi connectivity index (χ1) is 10.5. The molecule has 0 bridgehead atoms. The number of hydrogen-bond acceptors (Lipinski definition) is 5. The fourth-order valence-electron chi connectivity index (χ4n) is 1.77. The first-order valence-corrected chi connectivity index (χ1v) is 7.02. The molecule has 22 heavy (non-hydrogen) atoms. The zero-order chi connectivity index (χ0) is 16.1. The number of nitrogen functional groups attached to an aromatic ring is 1. The Hall–Kier alpha value is -2.60. The predicted molar refractivity (Wildman–Crippen MR) is 96.0 cm³/mol. The SMILES string of the molecule is Cc1ccc(/C(S)=C/C(N)=Nc2ccc(N)c(C=N)c2)nc1. The summed E-state index contributed by atoms with van der Waals surface area (Å²) < 4.78 is 0. The fraction of sp³-hybridized carbons (Fsp3) is 0.0625. The zero-order valence-electron chi connectivity index (χ0n) is 12.1. The maximum Gasteiger partial charge on any atom is 0.125 e. The Balaban J connectivity index is 2.26. The second-order valence-corrected chi connectivity index (χ2v) is 5.23. The lowest BCUT2D eigenvalue weighted by Crippen LogP contribution is -2.07. The monoisotopic (exact) mass is 311 g/mol. The summed E-state index contributed by atoms with van der Waals surface area (Å²) >= 11 is 4.40. The number of anilines is 1. The minimum absolute atomic E-state index is 0.299. The molecule has 0 atom stereocenters. The molecule has 2 rings (SSSR count). The van der Waals surface area contributed by atoms with Crippen LogP contribution in [0.2, 0.25) is 0 Å². The van der Waals surface area contributed by atoms with Crippen LogP contribution in [0.3, 0.4) is 0 Å². The lowest BCUT2D eigenvalue weighted by atomic mass is 10.2. The van der Waals surface area contributed by atoms with Gasteiger partial charge in [0.05, 0.1) is 11.4 Å². The Bertz CT molecular complexity index is 748. The molecule has 0 saturated carbocycles. The molecule has 1 aromatic carbocycles. The van der Waals surface area contributed by atoms with Crippen molar-refractivity contribution in [1.29, 1.82) is 5.41 Å². The molecule has 1 heterocycles. The summed E-state index contributed by atoms with van der Waals surface area (Å²) in [5.74, 6) is 0.299. The highest BCUT2D eigenvalue weighted by Gasteiger charge is 2.01. The lowest BCUT2D eigenvalue weighted by Gasteiger charge is -2.03. The van der Waals surface area contributed by atoms with Crippen LogP contribution < -0.4 is 11.5 Å². The third kappa shape index (κ3) is 3.95. The van der Waals surface area contributed by atoms with Crippen LogP contribution in [0.25, 0.3) is 4.91 Å². The van der Waals surface area contributed by atoms with Gasteiger partial charge in [-0.2, -0.15) is 0 Å². The molecule has 1 aromatic heterocycles. The van der Waals surface area contributed by atoms with Crippen LogP contribution in [-0.2, 0) is 0 Å². The van der Waals surface area contributed by atoms with Gasteiger partial charge < -0.3 is 16.9 Å². The molecule has 2 aromatic rings. The van der Waals surface area contributed by atoms with E-state index >= 15 is 0 Å². The largest absolute Gasteiger partial charge is 0.398 e. The molecule has 5 nitrogen and oxygen atoms in total. The van der Waals surface area contributed by atoms with Gasteiger partial charge in [-0.1, -0.05) is 6.07 Å². The molecule has 5 N–H and O–H groups in total. The van der Waals surface area contributed by atoms with Crippen molar-refractivity contribution in [3.63, 3.8) is 0 Å². The molecule has 0 aliphatic rings. The Kier molecular flexibility index (Phi) is 4.95. The molecule has 0 aliphatic carbocycles. The smallest absolute Gasteiger partial charge is 0.125 e. The second kappa shape index (κ2) is 6.91. The Labute approximate surface area is 134 Å². The number of nitrogens with one attached hydrogen (secondary N) is 1. The number of aromatic nitrogens is 1. The van der Waals surface area contributed by atoms with E-state index in [1.54, 1.807) is 30.5 Å². The summed E-state index contributed by atoms with van der Waals surface area (Å²) in [5.41, 5.74) is 15.2. The minimum atomic E-state index is 0.299. The van der Waals surface area contributed by atoms with Gasteiger partial charge in [-0.25, -0.2) is 4.99 Å². The highest BCUT2D eigenvalue weighted by atomic mass is 32.1. The summed E-state index contributed by atoms with van der Waals surface area (Å²) in [7, 11) is 0. The molecule has 0 amide bonds. The van der Waals surface area contributed by atoms with Gasteiger partial charge in [0.15, 0.2) is 0 Å². The summed E-state index contributed by atoms with van der Waals surface area (Å²) in [6, 6.07) is 8.96. The van der Waals surface area contributed by atoms with Crippen LogP contribution >= 0.6 is 12.6 Å². The van der Waals surface area contributed by atoms with Gasteiger partial charge in [-0.15, -0.1) is 12.6 Å². The van der Waals surface area contributed by atoms with E-state index in [1.807, 2.05) is 19.1 Å². The molecule has 0 unspecified atom stereocenters. The average Bonchev–Trinajstić information content (AvgIpc) is 2.49. The normalized spacial score (nSPS) is 12.3. The Morgan fingerprint density at radius 3 is 2.73 bits per heavy atom. The number of benzene rings is 1. The van der Waals surface area contributed by atoms with Crippen LogP contribution in [0.1, 0.15) is 16.8 Å². The number of pyridine rings is 1. The van der Waals surface area contributed by atoms with Crippen LogP contribution in [0.5, 0.6) is 0 Å². The summed E-state index contributed by atoms with van der Waals surface area (Å²) in [4.78, 5) is 9.18. The fourth-order valence-corrected chi connectivity index (χ4v) is 2.04. The van der Waals surface area contributed by atoms with Crippen LogP contribution in [0.15, 0.2) is 47.6 Å². The first kappa shape index (κ1) is 15.8. The van der Waals surface area contributed by atoms with Gasteiger partial charge in [0.25, 0.3) is 0 Å². The van der Waals surface area contributed by atoms with Crippen molar-refractivity contribution >= 4 is 41.0 Å². The van der Waals surface area contributed by atoms with E-state index in [0.29, 0.717) is 27.7 Å². The van der Waals surface area contributed by atoms with Crippen molar-refractivity contribution in [2.75, 3.05) is 5.73 Å². The van der Waals surface area contributed by atoms with Crippen molar-refractivity contribution in [3.8, 4) is 0 Å². The van der Waals surface area contributed by atoms with Crippen molar-refractivity contribution in [3.05, 3.63) is 59.4 Å². The number of amidine groups is 1. The average molecular weight is 311 g/mol. The molecule has 0 aliphatic heterocycles. The van der Waals surface area contributed by atoms with Crippen LogP contribution in [0, 0.1) is 12.3 Å². The van der Waals surface area contributed by atoms with Gasteiger partial charge in [-0.3, -0.25) is 4.98 Å². The van der Waals surface area contributed by atoms with E-state index in [-0.39, 0.29) is 0 Å². The quantitative estimate of drug-likeness (QED) is 0.302. The second-order valence-electron chi connectivity index (χ2n) is 4.74. The third-order valence-electron chi connectivity index (χ3n) is 2.94. The number of aliphatic imine (C=N–C) groups is 1. The number of nitrogens with two attached hydrogens (primary N) is 2. The molecule has 0 spiro atoms. The highest BCUT2D eigenvalue weighted by molar-refractivity contribution is 7.90. The van der Waals surface area contributed by atoms with E-state index in [4.69, 9.17) is 16.9 Å². The summed E-state index contributed by atoms with van der Waals surface area (Å²) in [5, 5.41) is 7.29. The molecule has 0 saturated heterocycles. The number of hydrogen-bond donors (Lipinski definition) is 4. The Morgan fingerprint density at radius 2 is 2.09 bits per heavy atom. The van der Waals surface area contributed by atoms with E-state index < -0.39 is 0 Å². The maximum atomic E-state index is 7.29. The van der Waals surface area contributed by atoms with Crippen LogP contribution in [0.4, 0.5) is 11.4 Å². The van der Waals surface area contributed by atoms with Gasteiger partial charge in [0.1, 0.15) is 5.84 Å². The summed E-state index contributed by atoms with van der Waals surface area (Å²) in [6.07, 6.45) is 4.59. The molecule has 0 fully saturated rings. The first-order valence-electron chi connectivity index (χ1n) is 6.57. The third-order valence-corrected chi connectivity index (χ3v) is 3.30. The van der Waals surface area contributed by atoms with E-state index in [2.05, 4.69) is 22.6 Å². The van der Waals surface area contributed by atoms with Gasteiger partial charge >= 0.3 is 0 Å². The zero-order valence-corrected chi connectivity index (χ0v) is 13.0. The topological polar surface area (TPSA) is 101 Å². The number of nitrogens with zero attached hydrogens (tertiary/aromatic N) is 2. The molecular formula is C16H17N5S. The summed E-state index contributed by atoms with van der Waals surface area (Å²) in [6.45, 7) is 1.97. The van der Waals surface area contributed by atoms with E-state index in [1.165, 1.54) is 6.21 Å². The minimum Gasteiger partial charge on any atom is -0.398 e. The number of thiol groups is 1. The molecular weight excluding hydrogens is 294 g/mol. The molecule has 0 radical (unpaired) electrons. The Morgan fingerprint density at radius 1 is 1.32 bits per heavy atom. The van der Waals surface area contributed by atoms with Gasteiger partial charge in [0.2, 0.25) is 0 Å². The standard InChI is InChI=1S/C16H17N5S/c1-10-2-5-14(20-9-10)15(22)7-16(19)21-12-3-4-13(18)11(6-12)8-17/h2-9,17,22H,18H2,1H3,(H2,19,21)/b15-7-,17-8?. The number of aryl methyl sites for hydroxylation is 1. The van der Waals surface area contributed by atoms with Crippen molar-refractivity contribution in [2.45, 2.75) is 6.92 Å².